The van der Waals surface area contributed by atoms with E-state index in [1.54, 1.807) is 12.4 Å². The largest absolute Gasteiger partial charge is 0.489 e. The second-order valence-corrected chi connectivity index (χ2v) is 5.94. The molecule has 3 aromatic rings. The Morgan fingerprint density at radius 2 is 1.88 bits per heavy atom. The molecule has 3 N–H and O–H groups in total. The number of hydrogen-bond acceptors (Lipinski definition) is 7. The third-order valence-corrected chi connectivity index (χ3v) is 4.31. The lowest BCUT2D eigenvalue weighted by Gasteiger charge is -2.23. The molecule has 8 heteroatoms. The van der Waals surface area contributed by atoms with Crippen molar-refractivity contribution < 1.29 is 9.47 Å². The lowest BCUT2D eigenvalue weighted by molar-refractivity contribution is 0.297. The van der Waals surface area contributed by atoms with Crippen LogP contribution >= 0.6 is 0 Å². The topological polar surface area (TPSA) is 99.6 Å². The number of aromatic nitrogens is 3. The Labute approximate surface area is 143 Å². The van der Waals surface area contributed by atoms with Crippen molar-refractivity contribution in [3.8, 4) is 11.5 Å². The highest BCUT2D eigenvalue weighted by atomic mass is 16.5. The fourth-order valence-corrected chi connectivity index (χ4v) is 3.18. The Morgan fingerprint density at radius 1 is 1.12 bits per heavy atom. The van der Waals surface area contributed by atoms with Crippen molar-refractivity contribution in [1.29, 1.82) is 0 Å². The molecule has 0 radical (unpaired) electrons. The molecule has 5 rings (SSSR count). The molecule has 0 saturated heterocycles. The zero-order valence-electron chi connectivity index (χ0n) is 13.3. The summed E-state index contributed by atoms with van der Waals surface area (Å²) in [5.41, 5.74) is 8.65. The second-order valence-electron chi connectivity index (χ2n) is 5.94. The van der Waals surface area contributed by atoms with Crippen LogP contribution in [0.2, 0.25) is 0 Å². The van der Waals surface area contributed by atoms with Gasteiger partial charge in [0, 0.05) is 36.5 Å². The molecule has 2 aliphatic rings. The number of aliphatic imine (C=N–C) groups is 1. The van der Waals surface area contributed by atoms with Crippen molar-refractivity contribution in [2.75, 3.05) is 18.5 Å². The number of guanidine groups is 1. The highest BCUT2D eigenvalue weighted by Crippen LogP contribution is 2.38. The predicted molar refractivity (Wildman–Crippen MR) is 93.0 cm³/mol. The summed E-state index contributed by atoms with van der Waals surface area (Å²) in [5, 5.41) is 3.03. The van der Waals surface area contributed by atoms with Crippen LogP contribution in [0.1, 0.15) is 18.2 Å². The maximum atomic E-state index is 5.96. The number of fused-ring (bicyclic) bond motifs is 4. The van der Waals surface area contributed by atoms with Crippen molar-refractivity contribution in [2.24, 2.45) is 10.7 Å². The number of imidazole rings is 1. The van der Waals surface area contributed by atoms with Crippen LogP contribution in [-0.4, -0.2) is 33.7 Å². The maximum Gasteiger partial charge on any atom is 0.212 e. The molecule has 1 atom stereocenters. The number of pyridine rings is 1. The first kappa shape index (κ1) is 14.1. The Morgan fingerprint density at radius 3 is 2.68 bits per heavy atom. The van der Waals surface area contributed by atoms with E-state index < -0.39 is 0 Å². The molecule has 2 aliphatic heterocycles. The summed E-state index contributed by atoms with van der Waals surface area (Å²) in [4.78, 5) is 13.3. The summed E-state index contributed by atoms with van der Waals surface area (Å²) in [6, 6.07) is 7.71. The Bertz CT molecular complexity index is 982. The number of ether oxygens (including phenoxy) is 2. The van der Waals surface area contributed by atoms with Crippen molar-refractivity contribution in [1.82, 2.24) is 14.5 Å². The Balaban J connectivity index is 1.72. The van der Waals surface area contributed by atoms with Crippen LogP contribution in [0, 0.1) is 0 Å². The SMILES string of the molecule is NC1=N[C@@H](c2ccncc2)n2c(nc3cc4c(cc32)OCCCO4)N1. The number of nitrogens with zero attached hydrogens (tertiary/aromatic N) is 4. The van der Waals surface area contributed by atoms with Gasteiger partial charge < -0.3 is 15.2 Å². The summed E-state index contributed by atoms with van der Waals surface area (Å²) >= 11 is 0. The molecule has 0 saturated carbocycles. The summed E-state index contributed by atoms with van der Waals surface area (Å²) < 4.78 is 13.6. The van der Waals surface area contributed by atoms with Gasteiger partial charge in [-0.3, -0.25) is 14.9 Å². The number of anilines is 1. The van der Waals surface area contributed by atoms with E-state index in [-0.39, 0.29) is 6.17 Å². The molecule has 126 valence electrons. The normalized spacial score (nSPS) is 18.9. The van der Waals surface area contributed by atoms with E-state index in [1.165, 1.54) is 0 Å². The van der Waals surface area contributed by atoms with Gasteiger partial charge in [0.25, 0.3) is 0 Å². The molecular formula is C17H16N6O2. The van der Waals surface area contributed by atoms with Gasteiger partial charge in [-0.05, 0) is 12.1 Å². The molecule has 25 heavy (non-hydrogen) atoms. The van der Waals surface area contributed by atoms with Crippen molar-refractivity contribution >= 4 is 22.9 Å². The fraction of sp³-hybridized carbons (Fsp3) is 0.235. The molecule has 8 nitrogen and oxygen atoms in total. The van der Waals surface area contributed by atoms with E-state index in [9.17, 15) is 0 Å². The molecule has 1 aromatic carbocycles. The predicted octanol–water partition coefficient (Wildman–Crippen LogP) is 1.88. The van der Waals surface area contributed by atoms with E-state index in [0.29, 0.717) is 25.1 Å². The van der Waals surface area contributed by atoms with Gasteiger partial charge >= 0.3 is 0 Å². The van der Waals surface area contributed by atoms with Gasteiger partial charge in [0.2, 0.25) is 5.95 Å². The molecule has 4 heterocycles. The number of nitrogens with one attached hydrogen (secondary N) is 1. The first-order valence-electron chi connectivity index (χ1n) is 8.11. The average molecular weight is 336 g/mol. The highest BCUT2D eigenvalue weighted by Gasteiger charge is 2.26. The summed E-state index contributed by atoms with van der Waals surface area (Å²) in [7, 11) is 0. The van der Waals surface area contributed by atoms with Crippen LogP contribution < -0.4 is 20.5 Å². The van der Waals surface area contributed by atoms with Crippen LogP contribution in [0.25, 0.3) is 11.0 Å². The minimum Gasteiger partial charge on any atom is -0.489 e. The second kappa shape index (κ2) is 5.37. The minimum absolute atomic E-state index is 0.311. The monoisotopic (exact) mass is 336 g/mol. The lowest BCUT2D eigenvalue weighted by atomic mass is 10.2. The molecule has 0 unspecified atom stereocenters. The number of rotatable bonds is 1. The molecular weight excluding hydrogens is 320 g/mol. The van der Waals surface area contributed by atoms with E-state index in [0.717, 1.165) is 34.5 Å². The number of nitrogens with two attached hydrogens (primary N) is 1. The summed E-state index contributed by atoms with van der Waals surface area (Å²) in [5.74, 6) is 2.42. The van der Waals surface area contributed by atoms with Gasteiger partial charge in [0.15, 0.2) is 23.6 Å². The van der Waals surface area contributed by atoms with Crippen LogP contribution in [-0.2, 0) is 0 Å². The van der Waals surface area contributed by atoms with E-state index in [4.69, 9.17) is 15.2 Å². The van der Waals surface area contributed by atoms with Gasteiger partial charge in [-0.15, -0.1) is 0 Å². The molecule has 0 spiro atoms. The van der Waals surface area contributed by atoms with Crippen molar-refractivity contribution in [2.45, 2.75) is 12.6 Å². The first-order valence-corrected chi connectivity index (χ1v) is 8.11. The van der Waals surface area contributed by atoms with Crippen LogP contribution in [0.5, 0.6) is 11.5 Å². The molecule has 0 aliphatic carbocycles. The van der Waals surface area contributed by atoms with Gasteiger partial charge in [-0.2, -0.15) is 0 Å². The van der Waals surface area contributed by atoms with Crippen LogP contribution in [0.4, 0.5) is 5.95 Å². The van der Waals surface area contributed by atoms with Crippen molar-refractivity contribution in [3.63, 3.8) is 0 Å². The molecule has 0 fully saturated rings. The highest BCUT2D eigenvalue weighted by molar-refractivity contribution is 5.95. The van der Waals surface area contributed by atoms with Crippen LogP contribution in [0.15, 0.2) is 41.7 Å². The average Bonchev–Trinajstić information content (AvgIpc) is 2.81. The van der Waals surface area contributed by atoms with Gasteiger partial charge in [-0.25, -0.2) is 9.98 Å². The quantitative estimate of drug-likeness (QED) is 0.704. The molecule has 2 aromatic heterocycles. The van der Waals surface area contributed by atoms with Gasteiger partial charge in [0.05, 0.1) is 24.2 Å². The first-order chi connectivity index (χ1) is 12.3. The Hall–Kier alpha value is -3.29. The smallest absolute Gasteiger partial charge is 0.212 e. The third-order valence-electron chi connectivity index (χ3n) is 4.31. The number of benzene rings is 1. The van der Waals surface area contributed by atoms with Crippen molar-refractivity contribution in [3.05, 3.63) is 42.2 Å². The molecule has 0 bridgehead atoms. The number of hydrogen-bond donors (Lipinski definition) is 2. The van der Waals surface area contributed by atoms with E-state index in [2.05, 4.69) is 20.3 Å². The lowest BCUT2D eigenvalue weighted by Crippen LogP contribution is -2.31. The van der Waals surface area contributed by atoms with Gasteiger partial charge in [0.1, 0.15) is 0 Å². The standard InChI is InChI=1S/C17H16N6O2/c18-16-21-15(10-2-4-19-5-3-10)23-12-9-14-13(24-6-1-7-25-14)8-11(12)20-17(23)22-16/h2-5,8-9,15H,1,6-7H2,(H3,18,20,21,22)/t15-/m1/s1. The summed E-state index contributed by atoms with van der Waals surface area (Å²) in [6.07, 6.45) is 4.03. The van der Waals surface area contributed by atoms with E-state index in [1.807, 2.05) is 28.8 Å². The zero-order chi connectivity index (χ0) is 16.8. The van der Waals surface area contributed by atoms with E-state index >= 15 is 0 Å². The zero-order valence-corrected chi connectivity index (χ0v) is 13.3. The maximum absolute atomic E-state index is 5.96. The van der Waals surface area contributed by atoms with Gasteiger partial charge in [-0.1, -0.05) is 0 Å². The fourth-order valence-electron chi connectivity index (χ4n) is 3.18. The molecule has 0 amide bonds. The minimum atomic E-state index is -0.311. The summed E-state index contributed by atoms with van der Waals surface area (Å²) in [6.45, 7) is 1.27. The van der Waals surface area contributed by atoms with Crippen LogP contribution in [0.3, 0.4) is 0 Å². The third kappa shape index (κ3) is 2.25. The Kier molecular flexibility index (Phi) is 3.03.